The van der Waals surface area contributed by atoms with E-state index in [-0.39, 0.29) is 23.9 Å². The van der Waals surface area contributed by atoms with Crippen LogP contribution in [0.3, 0.4) is 0 Å². The van der Waals surface area contributed by atoms with Crippen LogP contribution in [-0.2, 0) is 9.59 Å². The molecule has 1 saturated heterocycles. The summed E-state index contributed by atoms with van der Waals surface area (Å²) in [4.78, 5) is 26.6. The lowest BCUT2D eigenvalue weighted by atomic mass is 9.97. The molecule has 108 valence electrons. The van der Waals surface area contributed by atoms with Crippen LogP contribution >= 0.6 is 0 Å². The number of nitrogens with one attached hydrogen (secondary N) is 1. The second-order valence-electron chi connectivity index (χ2n) is 6.09. The molecular weight excluding hydrogens is 240 g/mol. The SMILES string of the molecule is CCCC1NC(=O)C(CC)N(CC2(CC)CC2)C1=O. The number of carbonyl (C=O) groups is 2. The Kier molecular flexibility index (Phi) is 4.16. The average molecular weight is 266 g/mol. The Labute approximate surface area is 115 Å². The van der Waals surface area contributed by atoms with E-state index in [1.165, 1.54) is 12.8 Å². The van der Waals surface area contributed by atoms with Crippen molar-refractivity contribution in [3.05, 3.63) is 0 Å². The molecule has 1 aliphatic heterocycles. The number of amides is 2. The molecule has 1 N–H and O–H groups in total. The molecular formula is C15H26N2O2. The standard InChI is InChI=1S/C15H26N2O2/c1-4-7-11-14(19)17(10-15(6-3)8-9-15)12(5-2)13(18)16-11/h11-12H,4-10H2,1-3H3,(H,16,18). The third-order valence-corrected chi connectivity index (χ3v) is 4.75. The maximum absolute atomic E-state index is 12.6. The number of hydrogen-bond donors (Lipinski definition) is 1. The van der Waals surface area contributed by atoms with E-state index in [1.54, 1.807) is 0 Å². The van der Waals surface area contributed by atoms with Crippen molar-refractivity contribution < 1.29 is 9.59 Å². The number of hydrogen-bond acceptors (Lipinski definition) is 2. The second-order valence-corrected chi connectivity index (χ2v) is 6.09. The van der Waals surface area contributed by atoms with Crippen molar-refractivity contribution in [3.8, 4) is 0 Å². The van der Waals surface area contributed by atoms with Crippen LogP contribution in [0.1, 0.15) is 59.3 Å². The molecule has 1 aliphatic carbocycles. The molecule has 2 fully saturated rings. The smallest absolute Gasteiger partial charge is 0.245 e. The van der Waals surface area contributed by atoms with Crippen molar-refractivity contribution >= 4 is 11.8 Å². The topological polar surface area (TPSA) is 49.4 Å². The molecule has 2 amide bonds. The summed E-state index contributed by atoms with van der Waals surface area (Å²) in [5.41, 5.74) is 0.303. The molecule has 19 heavy (non-hydrogen) atoms. The molecule has 0 bridgehead atoms. The number of rotatable bonds is 6. The summed E-state index contributed by atoms with van der Waals surface area (Å²) in [6.45, 7) is 6.99. The molecule has 0 aromatic heterocycles. The van der Waals surface area contributed by atoms with Crippen LogP contribution in [0.4, 0.5) is 0 Å². The van der Waals surface area contributed by atoms with E-state index in [4.69, 9.17) is 0 Å². The fraction of sp³-hybridized carbons (Fsp3) is 0.867. The quantitative estimate of drug-likeness (QED) is 0.800. The summed E-state index contributed by atoms with van der Waals surface area (Å²) in [5.74, 6) is 0.167. The lowest BCUT2D eigenvalue weighted by Crippen LogP contribution is -2.63. The highest BCUT2D eigenvalue weighted by molar-refractivity contribution is 5.96. The van der Waals surface area contributed by atoms with Crippen LogP contribution < -0.4 is 5.32 Å². The molecule has 0 radical (unpaired) electrons. The van der Waals surface area contributed by atoms with Gasteiger partial charge in [-0.15, -0.1) is 0 Å². The number of piperazine rings is 1. The summed E-state index contributed by atoms with van der Waals surface area (Å²) in [6.07, 6.45) is 5.87. The Hall–Kier alpha value is -1.06. The molecule has 0 aromatic rings. The van der Waals surface area contributed by atoms with Crippen molar-refractivity contribution in [1.82, 2.24) is 10.2 Å². The van der Waals surface area contributed by atoms with Gasteiger partial charge in [0.05, 0.1) is 0 Å². The van der Waals surface area contributed by atoms with Crippen molar-refractivity contribution in [2.45, 2.75) is 71.4 Å². The maximum Gasteiger partial charge on any atom is 0.245 e. The average Bonchev–Trinajstić information content (AvgIpc) is 3.16. The molecule has 2 rings (SSSR count). The molecule has 2 atom stereocenters. The first kappa shape index (κ1) is 14.4. The van der Waals surface area contributed by atoms with E-state index in [9.17, 15) is 9.59 Å². The summed E-state index contributed by atoms with van der Waals surface area (Å²) in [6, 6.07) is -0.558. The Bertz CT molecular complexity index is 363. The normalized spacial score (nSPS) is 29.3. The highest BCUT2D eigenvalue weighted by Crippen LogP contribution is 2.49. The van der Waals surface area contributed by atoms with Crippen LogP contribution in [0, 0.1) is 5.41 Å². The maximum atomic E-state index is 12.6. The van der Waals surface area contributed by atoms with Gasteiger partial charge in [-0.3, -0.25) is 9.59 Å². The van der Waals surface area contributed by atoms with Gasteiger partial charge >= 0.3 is 0 Å². The molecule has 1 heterocycles. The highest BCUT2D eigenvalue weighted by atomic mass is 16.2. The van der Waals surface area contributed by atoms with Gasteiger partial charge in [-0.1, -0.05) is 27.2 Å². The predicted octanol–water partition coefficient (Wildman–Crippen LogP) is 2.08. The van der Waals surface area contributed by atoms with Crippen molar-refractivity contribution in [3.63, 3.8) is 0 Å². The van der Waals surface area contributed by atoms with Crippen LogP contribution in [0.25, 0.3) is 0 Å². The van der Waals surface area contributed by atoms with Crippen LogP contribution in [0.15, 0.2) is 0 Å². The van der Waals surface area contributed by atoms with Crippen molar-refractivity contribution in [2.75, 3.05) is 6.54 Å². The number of carbonyl (C=O) groups excluding carboxylic acids is 2. The van der Waals surface area contributed by atoms with E-state index in [2.05, 4.69) is 12.2 Å². The molecule has 0 aromatic carbocycles. The summed E-state index contributed by atoms with van der Waals surface area (Å²) in [5, 5.41) is 2.89. The van der Waals surface area contributed by atoms with E-state index in [1.807, 2.05) is 18.7 Å². The molecule has 2 unspecified atom stereocenters. The zero-order valence-corrected chi connectivity index (χ0v) is 12.4. The zero-order chi connectivity index (χ0) is 14.0. The number of nitrogens with zero attached hydrogens (tertiary/aromatic N) is 1. The van der Waals surface area contributed by atoms with Gasteiger partial charge < -0.3 is 10.2 Å². The Morgan fingerprint density at radius 1 is 1.26 bits per heavy atom. The van der Waals surface area contributed by atoms with Gasteiger partial charge in [0.1, 0.15) is 12.1 Å². The first-order valence-corrected chi connectivity index (χ1v) is 7.67. The molecule has 4 nitrogen and oxygen atoms in total. The predicted molar refractivity (Wildman–Crippen MR) is 74.6 cm³/mol. The summed E-state index contributed by atoms with van der Waals surface area (Å²) in [7, 11) is 0. The lowest BCUT2D eigenvalue weighted by molar-refractivity contribution is -0.150. The van der Waals surface area contributed by atoms with Crippen LogP contribution in [0.2, 0.25) is 0 Å². The minimum absolute atomic E-state index is 0.0347. The molecule has 0 spiro atoms. The first-order chi connectivity index (χ1) is 9.06. The van der Waals surface area contributed by atoms with Gasteiger partial charge in [-0.05, 0) is 37.5 Å². The molecule has 2 aliphatic rings. The Morgan fingerprint density at radius 2 is 1.95 bits per heavy atom. The van der Waals surface area contributed by atoms with Crippen molar-refractivity contribution in [1.29, 1.82) is 0 Å². The molecule has 1 saturated carbocycles. The van der Waals surface area contributed by atoms with Gasteiger partial charge in [0.25, 0.3) is 0 Å². The summed E-state index contributed by atoms with van der Waals surface area (Å²) >= 11 is 0. The lowest BCUT2D eigenvalue weighted by Gasteiger charge is -2.40. The van der Waals surface area contributed by atoms with Gasteiger partial charge in [0.2, 0.25) is 11.8 Å². The van der Waals surface area contributed by atoms with Gasteiger partial charge in [0.15, 0.2) is 0 Å². The second kappa shape index (κ2) is 5.51. The highest BCUT2D eigenvalue weighted by Gasteiger charge is 2.47. The fourth-order valence-corrected chi connectivity index (χ4v) is 3.06. The fourth-order valence-electron chi connectivity index (χ4n) is 3.06. The van der Waals surface area contributed by atoms with Gasteiger partial charge in [0, 0.05) is 6.54 Å². The van der Waals surface area contributed by atoms with Crippen LogP contribution in [0.5, 0.6) is 0 Å². The Morgan fingerprint density at radius 3 is 2.42 bits per heavy atom. The van der Waals surface area contributed by atoms with E-state index in [0.29, 0.717) is 11.8 Å². The first-order valence-electron chi connectivity index (χ1n) is 7.67. The minimum atomic E-state index is -0.298. The minimum Gasteiger partial charge on any atom is -0.343 e. The zero-order valence-electron chi connectivity index (χ0n) is 12.4. The monoisotopic (exact) mass is 266 g/mol. The van der Waals surface area contributed by atoms with Crippen LogP contribution in [-0.4, -0.2) is 35.3 Å². The van der Waals surface area contributed by atoms with Gasteiger partial charge in [-0.2, -0.15) is 0 Å². The van der Waals surface area contributed by atoms with Crippen molar-refractivity contribution in [2.24, 2.45) is 5.41 Å². The third-order valence-electron chi connectivity index (χ3n) is 4.75. The third kappa shape index (κ3) is 2.77. The van der Waals surface area contributed by atoms with E-state index < -0.39 is 0 Å². The summed E-state index contributed by atoms with van der Waals surface area (Å²) < 4.78 is 0. The van der Waals surface area contributed by atoms with Gasteiger partial charge in [-0.25, -0.2) is 0 Å². The van der Waals surface area contributed by atoms with E-state index >= 15 is 0 Å². The molecule has 4 heteroatoms. The van der Waals surface area contributed by atoms with E-state index in [0.717, 1.165) is 25.8 Å². The largest absolute Gasteiger partial charge is 0.343 e. The Balaban J connectivity index is 2.14.